The first-order chi connectivity index (χ1) is 9.02. The Hall–Kier alpha value is -0.780. The van der Waals surface area contributed by atoms with E-state index in [1.54, 1.807) is 7.11 Å². The predicted molar refractivity (Wildman–Crippen MR) is 80.8 cm³/mol. The van der Waals surface area contributed by atoms with Gasteiger partial charge in [-0.15, -0.1) is 0 Å². The summed E-state index contributed by atoms with van der Waals surface area (Å²) in [4.78, 5) is 0. The Bertz CT molecular complexity index is 385. The van der Waals surface area contributed by atoms with Crippen LogP contribution in [0.5, 0.6) is 5.75 Å². The lowest BCUT2D eigenvalue weighted by Crippen LogP contribution is -2.25. The number of halogens is 1. The molecule has 0 bridgehead atoms. The van der Waals surface area contributed by atoms with Crippen LogP contribution in [0.4, 0.5) is 5.69 Å². The van der Waals surface area contributed by atoms with Crippen LogP contribution in [-0.4, -0.2) is 38.1 Å². The summed E-state index contributed by atoms with van der Waals surface area (Å²) in [7, 11) is 1.63. The highest BCUT2D eigenvalue weighted by Crippen LogP contribution is 2.26. The predicted octanol–water partition coefficient (Wildman–Crippen LogP) is 2.90. The number of ether oxygens (including phenoxy) is 2. The fraction of sp³-hybridized carbons (Fsp3) is 0.571. The zero-order valence-corrected chi connectivity index (χ0v) is 13.2. The van der Waals surface area contributed by atoms with E-state index in [-0.39, 0.29) is 0 Å². The van der Waals surface area contributed by atoms with Crippen molar-refractivity contribution in [1.82, 2.24) is 0 Å². The van der Waals surface area contributed by atoms with Crippen LogP contribution in [0, 0.1) is 5.92 Å². The molecule has 0 aromatic heterocycles. The van der Waals surface area contributed by atoms with Crippen LogP contribution in [0.25, 0.3) is 0 Å². The maximum absolute atomic E-state index is 9.81. The fourth-order valence-corrected chi connectivity index (χ4v) is 1.88. The summed E-state index contributed by atoms with van der Waals surface area (Å²) in [5.74, 6) is 1.25. The Labute approximate surface area is 123 Å². The van der Waals surface area contributed by atoms with Crippen molar-refractivity contribution in [3.8, 4) is 5.75 Å². The Morgan fingerprint density at radius 2 is 2.05 bits per heavy atom. The van der Waals surface area contributed by atoms with Gasteiger partial charge in [-0.1, -0.05) is 13.8 Å². The first-order valence-corrected chi connectivity index (χ1v) is 7.15. The Morgan fingerprint density at radius 3 is 2.68 bits per heavy atom. The van der Waals surface area contributed by atoms with E-state index < -0.39 is 6.10 Å². The van der Waals surface area contributed by atoms with E-state index in [2.05, 4.69) is 35.1 Å². The van der Waals surface area contributed by atoms with Gasteiger partial charge >= 0.3 is 0 Å². The number of hydrogen-bond acceptors (Lipinski definition) is 4. The van der Waals surface area contributed by atoms with Gasteiger partial charge in [0.2, 0.25) is 0 Å². The van der Waals surface area contributed by atoms with Crippen LogP contribution in [0.3, 0.4) is 0 Å². The molecule has 1 atom stereocenters. The van der Waals surface area contributed by atoms with Crippen molar-refractivity contribution < 1.29 is 14.6 Å². The number of aliphatic hydroxyl groups is 1. The van der Waals surface area contributed by atoms with Gasteiger partial charge in [-0.05, 0) is 34.0 Å². The van der Waals surface area contributed by atoms with E-state index >= 15 is 0 Å². The molecule has 108 valence electrons. The van der Waals surface area contributed by atoms with E-state index in [1.165, 1.54) is 0 Å². The van der Waals surface area contributed by atoms with Crippen LogP contribution in [0.15, 0.2) is 22.7 Å². The van der Waals surface area contributed by atoms with E-state index in [9.17, 15) is 5.11 Å². The minimum Gasteiger partial charge on any atom is -0.497 e. The maximum Gasteiger partial charge on any atom is 0.121 e. The molecule has 19 heavy (non-hydrogen) atoms. The maximum atomic E-state index is 9.81. The molecular formula is C14H22BrNO3. The normalized spacial score (nSPS) is 12.5. The van der Waals surface area contributed by atoms with Crippen molar-refractivity contribution in [2.24, 2.45) is 5.92 Å². The molecule has 0 aliphatic heterocycles. The minimum absolute atomic E-state index is 0.340. The number of aliphatic hydroxyl groups excluding tert-OH is 1. The Balaban J connectivity index is 2.39. The van der Waals surface area contributed by atoms with E-state index in [0.29, 0.717) is 25.7 Å². The number of nitrogens with one attached hydrogen (secondary N) is 1. The Morgan fingerprint density at radius 1 is 1.32 bits per heavy atom. The van der Waals surface area contributed by atoms with Crippen LogP contribution in [0.1, 0.15) is 13.8 Å². The molecule has 0 radical (unpaired) electrons. The van der Waals surface area contributed by atoms with Gasteiger partial charge in [0, 0.05) is 23.7 Å². The third kappa shape index (κ3) is 6.27. The van der Waals surface area contributed by atoms with E-state index in [0.717, 1.165) is 15.9 Å². The summed E-state index contributed by atoms with van der Waals surface area (Å²) in [6.07, 6.45) is -0.531. The average Bonchev–Trinajstić information content (AvgIpc) is 2.37. The van der Waals surface area contributed by atoms with Crippen LogP contribution in [-0.2, 0) is 4.74 Å². The Kier molecular flexibility index (Phi) is 7.20. The zero-order valence-electron chi connectivity index (χ0n) is 11.6. The molecule has 2 N–H and O–H groups in total. The van der Waals surface area contributed by atoms with Gasteiger partial charge < -0.3 is 19.9 Å². The van der Waals surface area contributed by atoms with Crippen molar-refractivity contribution >= 4 is 21.6 Å². The van der Waals surface area contributed by atoms with Crippen molar-refractivity contribution in [2.75, 3.05) is 32.2 Å². The van der Waals surface area contributed by atoms with Gasteiger partial charge in [0.15, 0.2) is 0 Å². The van der Waals surface area contributed by atoms with Gasteiger partial charge in [0.25, 0.3) is 0 Å². The van der Waals surface area contributed by atoms with Gasteiger partial charge in [-0.2, -0.15) is 0 Å². The highest BCUT2D eigenvalue weighted by Gasteiger charge is 2.07. The molecule has 1 unspecified atom stereocenters. The van der Waals surface area contributed by atoms with Crippen molar-refractivity contribution in [1.29, 1.82) is 0 Å². The highest BCUT2D eigenvalue weighted by molar-refractivity contribution is 9.10. The van der Waals surface area contributed by atoms with Gasteiger partial charge in [-0.25, -0.2) is 0 Å². The number of hydrogen-bond donors (Lipinski definition) is 2. The lowest BCUT2D eigenvalue weighted by atomic mass is 10.2. The number of benzene rings is 1. The van der Waals surface area contributed by atoms with Gasteiger partial charge in [0.1, 0.15) is 5.75 Å². The molecule has 4 nitrogen and oxygen atoms in total. The summed E-state index contributed by atoms with van der Waals surface area (Å²) in [6.45, 7) is 5.60. The summed E-state index contributed by atoms with van der Waals surface area (Å²) in [5.41, 5.74) is 0.891. The monoisotopic (exact) mass is 331 g/mol. The smallest absolute Gasteiger partial charge is 0.121 e. The van der Waals surface area contributed by atoms with Crippen LogP contribution in [0.2, 0.25) is 0 Å². The number of methoxy groups -OCH3 is 1. The molecule has 0 amide bonds. The zero-order chi connectivity index (χ0) is 14.3. The second-order valence-corrected chi connectivity index (χ2v) is 5.67. The first-order valence-electron chi connectivity index (χ1n) is 6.36. The molecule has 5 heteroatoms. The number of anilines is 1. The molecule has 0 aliphatic carbocycles. The van der Waals surface area contributed by atoms with Crippen molar-refractivity contribution in [3.05, 3.63) is 22.7 Å². The lowest BCUT2D eigenvalue weighted by molar-refractivity contribution is 0.0318. The third-order valence-corrected chi connectivity index (χ3v) is 3.15. The molecule has 1 aromatic carbocycles. The second-order valence-electron chi connectivity index (χ2n) is 4.81. The molecule has 1 rings (SSSR count). The van der Waals surface area contributed by atoms with Crippen LogP contribution < -0.4 is 10.1 Å². The molecule has 0 fully saturated rings. The molecule has 0 saturated carbocycles. The first kappa shape index (κ1) is 16.3. The SMILES string of the molecule is COc1ccc(Br)c(NCC(O)COCC(C)C)c1. The largest absolute Gasteiger partial charge is 0.497 e. The summed E-state index contributed by atoms with van der Waals surface area (Å²) in [5, 5.41) is 13.0. The third-order valence-electron chi connectivity index (χ3n) is 2.46. The standard InChI is InChI=1S/C14H22BrNO3/c1-10(2)8-19-9-11(17)7-16-14-6-12(18-3)4-5-13(14)15/h4-6,10-11,16-17H,7-9H2,1-3H3. The average molecular weight is 332 g/mol. The molecule has 0 aliphatic rings. The quantitative estimate of drug-likeness (QED) is 0.769. The lowest BCUT2D eigenvalue weighted by Gasteiger charge is -2.15. The van der Waals surface area contributed by atoms with Crippen molar-refractivity contribution in [3.63, 3.8) is 0 Å². The molecule has 0 heterocycles. The molecule has 1 aromatic rings. The molecule has 0 saturated heterocycles. The van der Waals surface area contributed by atoms with E-state index in [1.807, 2.05) is 18.2 Å². The summed E-state index contributed by atoms with van der Waals surface area (Å²) >= 11 is 3.45. The summed E-state index contributed by atoms with van der Waals surface area (Å²) < 4.78 is 11.5. The molecule has 0 spiro atoms. The fourth-order valence-electron chi connectivity index (χ4n) is 1.49. The minimum atomic E-state index is -0.531. The highest BCUT2D eigenvalue weighted by atomic mass is 79.9. The van der Waals surface area contributed by atoms with Gasteiger partial charge in [-0.3, -0.25) is 0 Å². The van der Waals surface area contributed by atoms with Gasteiger partial charge in [0.05, 0.1) is 25.5 Å². The van der Waals surface area contributed by atoms with Crippen molar-refractivity contribution in [2.45, 2.75) is 20.0 Å². The topological polar surface area (TPSA) is 50.7 Å². The number of rotatable bonds is 8. The summed E-state index contributed by atoms with van der Waals surface area (Å²) in [6, 6.07) is 5.66. The second kappa shape index (κ2) is 8.40. The van der Waals surface area contributed by atoms with E-state index in [4.69, 9.17) is 9.47 Å². The molecular weight excluding hydrogens is 310 g/mol. The van der Waals surface area contributed by atoms with Crippen LogP contribution >= 0.6 is 15.9 Å².